The lowest BCUT2D eigenvalue weighted by molar-refractivity contribution is 0.102. The molecule has 1 amide bonds. The van der Waals surface area contributed by atoms with Gasteiger partial charge in [-0.15, -0.1) is 0 Å². The first-order chi connectivity index (χ1) is 9.49. The van der Waals surface area contributed by atoms with E-state index < -0.39 is 11.7 Å². The first-order valence-corrected chi connectivity index (χ1v) is 5.82. The third kappa shape index (κ3) is 3.12. The second-order valence-corrected chi connectivity index (χ2v) is 4.13. The summed E-state index contributed by atoms with van der Waals surface area (Å²) in [4.78, 5) is 19.7. The molecule has 8 heteroatoms. The number of halogens is 2. The largest absolute Gasteiger partial charge is 0.481 e. The van der Waals surface area contributed by atoms with Crippen LogP contribution < -0.4 is 15.8 Å². The number of nitrogens with two attached hydrogens (primary N) is 1. The predicted molar refractivity (Wildman–Crippen MR) is 72.4 cm³/mol. The normalized spacial score (nSPS) is 10.2. The van der Waals surface area contributed by atoms with E-state index >= 15 is 0 Å². The summed E-state index contributed by atoms with van der Waals surface area (Å²) in [6, 6.07) is 4.84. The van der Waals surface area contributed by atoms with Crippen molar-refractivity contribution in [3.63, 3.8) is 0 Å². The number of carbonyl (C=O) groups is 1. The Bertz CT molecular complexity index is 666. The standard InChI is InChI=1S/C12H10ClFN4O2/c1-20-10-5-9(13)16-12(17-10)18-11(19)7-3-2-6(14)4-8(7)15/h2-5H,15H2,1H3,(H,16,17,18,19). The third-order valence-corrected chi connectivity index (χ3v) is 2.56. The van der Waals surface area contributed by atoms with Crippen molar-refractivity contribution in [3.05, 3.63) is 40.8 Å². The van der Waals surface area contributed by atoms with Crippen molar-refractivity contribution < 1.29 is 13.9 Å². The fourth-order valence-electron chi connectivity index (χ4n) is 1.47. The summed E-state index contributed by atoms with van der Waals surface area (Å²) < 4.78 is 17.8. The third-order valence-electron chi connectivity index (χ3n) is 2.36. The smallest absolute Gasteiger partial charge is 0.260 e. The van der Waals surface area contributed by atoms with Crippen molar-refractivity contribution in [3.8, 4) is 5.88 Å². The predicted octanol–water partition coefficient (Wildman–Crippen LogP) is 2.11. The quantitative estimate of drug-likeness (QED) is 0.669. The molecule has 0 radical (unpaired) electrons. The van der Waals surface area contributed by atoms with E-state index in [1.807, 2.05) is 0 Å². The summed E-state index contributed by atoms with van der Waals surface area (Å²) in [7, 11) is 1.40. The average Bonchev–Trinajstić information content (AvgIpc) is 2.37. The molecule has 0 unspecified atom stereocenters. The summed E-state index contributed by atoms with van der Waals surface area (Å²) in [5, 5.41) is 2.52. The van der Waals surface area contributed by atoms with Gasteiger partial charge in [-0.05, 0) is 18.2 Å². The van der Waals surface area contributed by atoms with Crippen LogP contribution in [0.5, 0.6) is 5.88 Å². The molecule has 0 fully saturated rings. The fraction of sp³-hybridized carbons (Fsp3) is 0.0833. The first kappa shape index (κ1) is 14.0. The number of amides is 1. The maximum absolute atomic E-state index is 12.9. The summed E-state index contributed by atoms with van der Waals surface area (Å²) in [5.74, 6) is -0.943. The SMILES string of the molecule is COc1cc(Cl)nc(NC(=O)c2ccc(F)cc2N)n1. The molecule has 6 nitrogen and oxygen atoms in total. The lowest BCUT2D eigenvalue weighted by Gasteiger charge is -2.07. The molecule has 1 aromatic heterocycles. The number of methoxy groups -OCH3 is 1. The maximum atomic E-state index is 12.9. The number of benzene rings is 1. The van der Waals surface area contributed by atoms with E-state index in [9.17, 15) is 9.18 Å². The van der Waals surface area contributed by atoms with E-state index in [2.05, 4.69) is 15.3 Å². The Hall–Kier alpha value is -2.41. The highest BCUT2D eigenvalue weighted by atomic mass is 35.5. The van der Waals surface area contributed by atoms with E-state index in [-0.39, 0.29) is 28.2 Å². The van der Waals surface area contributed by atoms with Crippen LogP contribution in [0.2, 0.25) is 5.15 Å². The molecule has 0 saturated carbocycles. The summed E-state index contributed by atoms with van der Waals surface area (Å²) in [6.07, 6.45) is 0. The molecular weight excluding hydrogens is 287 g/mol. The minimum atomic E-state index is -0.577. The number of nitrogens with one attached hydrogen (secondary N) is 1. The van der Waals surface area contributed by atoms with Crippen LogP contribution in [0.1, 0.15) is 10.4 Å². The van der Waals surface area contributed by atoms with Gasteiger partial charge in [-0.25, -0.2) is 9.37 Å². The second kappa shape index (κ2) is 5.70. The van der Waals surface area contributed by atoms with Crippen molar-refractivity contribution in [1.82, 2.24) is 9.97 Å². The molecule has 2 aromatic rings. The van der Waals surface area contributed by atoms with Gasteiger partial charge < -0.3 is 10.5 Å². The Balaban J connectivity index is 2.25. The van der Waals surface area contributed by atoms with Gasteiger partial charge >= 0.3 is 0 Å². The molecule has 0 aliphatic heterocycles. The Morgan fingerprint density at radius 3 is 2.80 bits per heavy atom. The Morgan fingerprint density at radius 2 is 2.15 bits per heavy atom. The van der Waals surface area contributed by atoms with E-state index in [4.69, 9.17) is 22.1 Å². The number of ether oxygens (including phenoxy) is 1. The van der Waals surface area contributed by atoms with Gasteiger partial charge in [-0.1, -0.05) is 11.6 Å². The van der Waals surface area contributed by atoms with Crippen LogP contribution in [0.3, 0.4) is 0 Å². The molecule has 0 aliphatic carbocycles. The Labute approximate surface area is 118 Å². The van der Waals surface area contributed by atoms with Crippen LogP contribution in [0.15, 0.2) is 24.3 Å². The van der Waals surface area contributed by atoms with E-state index in [0.29, 0.717) is 0 Å². The maximum Gasteiger partial charge on any atom is 0.260 e. The highest BCUT2D eigenvalue weighted by Gasteiger charge is 2.13. The van der Waals surface area contributed by atoms with Gasteiger partial charge in [0.25, 0.3) is 5.91 Å². The van der Waals surface area contributed by atoms with Crippen LogP contribution in [-0.4, -0.2) is 23.0 Å². The topological polar surface area (TPSA) is 90.1 Å². The van der Waals surface area contributed by atoms with E-state index in [1.54, 1.807) is 0 Å². The second-order valence-electron chi connectivity index (χ2n) is 3.74. The zero-order chi connectivity index (χ0) is 14.7. The van der Waals surface area contributed by atoms with Gasteiger partial charge in [-0.2, -0.15) is 4.98 Å². The number of aromatic nitrogens is 2. The van der Waals surface area contributed by atoms with Gasteiger partial charge in [0.1, 0.15) is 11.0 Å². The fourth-order valence-corrected chi connectivity index (χ4v) is 1.64. The number of anilines is 2. The monoisotopic (exact) mass is 296 g/mol. The average molecular weight is 297 g/mol. The lowest BCUT2D eigenvalue weighted by atomic mass is 10.1. The molecule has 0 bridgehead atoms. The summed E-state index contributed by atoms with van der Waals surface area (Å²) in [5.41, 5.74) is 5.69. The highest BCUT2D eigenvalue weighted by Crippen LogP contribution is 2.18. The summed E-state index contributed by atoms with van der Waals surface area (Å²) in [6.45, 7) is 0. The molecule has 1 aromatic carbocycles. The zero-order valence-corrected chi connectivity index (χ0v) is 11.1. The van der Waals surface area contributed by atoms with Gasteiger partial charge in [0.05, 0.1) is 12.7 Å². The van der Waals surface area contributed by atoms with Gasteiger partial charge in [0.15, 0.2) is 0 Å². The summed E-state index contributed by atoms with van der Waals surface area (Å²) >= 11 is 5.75. The van der Waals surface area contributed by atoms with Crippen LogP contribution in [0, 0.1) is 5.82 Å². The molecule has 0 spiro atoms. The number of carbonyl (C=O) groups excluding carboxylic acids is 1. The van der Waals surface area contributed by atoms with E-state index in [1.165, 1.54) is 19.2 Å². The van der Waals surface area contributed by atoms with Crippen molar-refractivity contribution in [2.45, 2.75) is 0 Å². The molecule has 0 atom stereocenters. The van der Waals surface area contributed by atoms with Crippen molar-refractivity contribution in [2.75, 3.05) is 18.2 Å². The lowest BCUT2D eigenvalue weighted by Crippen LogP contribution is -2.16. The van der Waals surface area contributed by atoms with Crippen LogP contribution in [-0.2, 0) is 0 Å². The Kier molecular flexibility index (Phi) is 3.99. The number of hydrogen-bond acceptors (Lipinski definition) is 5. The minimum Gasteiger partial charge on any atom is -0.481 e. The van der Waals surface area contributed by atoms with Crippen LogP contribution >= 0.6 is 11.6 Å². The number of nitrogens with zero attached hydrogens (tertiary/aromatic N) is 2. The van der Waals surface area contributed by atoms with Gasteiger partial charge in [-0.3, -0.25) is 10.1 Å². The first-order valence-electron chi connectivity index (χ1n) is 5.44. The molecule has 0 aliphatic rings. The van der Waals surface area contributed by atoms with Crippen LogP contribution in [0.25, 0.3) is 0 Å². The number of nitrogen functional groups attached to an aromatic ring is 1. The zero-order valence-electron chi connectivity index (χ0n) is 10.4. The minimum absolute atomic E-state index is 0.0106. The number of hydrogen-bond donors (Lipinski definition) is 2. The molecule has 0 saturated heterocycles. The van der Waals surface area contributed by atoms with E-state index in [0.717, 1.165) is 12.1 Å². The highest BCUT2D eigenvalue weighted by molar-refractivity contribution is 6.29. The van der Waals surface area contributed by atoms with Crippen molar-refractivity contribution in [2.24, 2.45) is 0 Å². The molecule has 3 N–H and O–H groups in total. The molecule has 2 rings (SSSR count). The van der Waals surface area contributed by atoms with Gasteiger partial charge in [0, 0.05) is 11.8 Å². The van der Waals surface area contributed by atoms with Gasteiger partial charge in [0.2, 0.25) is 11.8 Å². The van der Waals surface area contributed by atoms with Crippen LogP contribution in [0.4, 0.5) is 16.0 Å². The molecule has 20 heavy (non-hydrogen) atoms. The number of rotatable bonds is 3. The van der Waals surface area contributed by atoms with Crippen molar-refractivity contribution in [1.29, 1.82) is 0 Å². The molecular formula is C12H10ClFN4O2. The van der Waals surface area contributed by atoms with Crippen molar-refractivity contribution >= 4 is 29.1 Å². The molecule has 1 heterocycles. The Morgan fingerprint density at radius 1 is 1.40 bits per heavy atom. The molecule has 104 valence electrons.